The molecule has 0 heterocycles. The third kappa shape index (κ3) is 4.72. The molecule has 0 aliphatic rings. The Morgan fingerprint density at radius 2 is 1.91 bits per heavy atom. The van der Waals surface area contributed by atoms with E-state index in [-0.39, 0.29) is 0 Å². The first-order valence-corrected chi connectivity index (χ1v) is 7.50. The van der Waals surface area contributed by atoms with Gasteiger partial charge in [-0.15, -0.1) is 0 Å². The van der Waals surface area contributed by atoms with Crippen LogP contribution in [0.25, 0.3) is 0 Å². The predicted molar refractivity (Wildman–Crippen MR) is 83.9 cm³/mol. The van der Waals surface area contributed by atoms with Crippen LogP contribution < -0.4 is 20.3 Å². The second-order valence-electron chi connectivity index (χ2n) is 5.22. The average molecular weight is 315 g/mol. The standard InChI is InChI=1S/C18H21NO4/c1-22-16-12-14(17(19)18(20)21)9-10-15(16)23-11-5-8-13-6-3-2-4-7-13/h2-4,6-7,9-10,12,17H,5,8,11,19H2,1H3,(H,20,21)/t17-/m1/s1. The van der Waals surface area contributed by atoms with Crippen molar-refractivity contribution in [3.05, 3.63) is 59.7 Å². The van der Waals surface area contributed by atoms with Gasteiger partial charge < -0.3 is 25.1 Å². The maximum Gasteiger partial charge on any atom is 0.161 e. The molecule has 5 heteroatoms. The molecule has 0 amide bonds. The van der Waals surface area contributed by atoms with Crippen molar-refractivity contribution in [1.82, 2.24) is 0 Å². The SMILES string of the molecule is COc1cc([C@@H]([NH3+])C(=O)[O-])ccc1OCCCc1ccccc1. The number of carboxylic acid groups (broad SMARTS) is 1. The van der Waals surface area contributed by atoms with Crippen molar-refractivity contribution >= 4 is 5.97 Å². The lowest BCUT2D eigenvalue weighted by Gasteiger charge is -2.14. The summed E-state index contributed by atoms with van der Waals surface area (Å²) in [5.41, 5.74) is 5.36. The zero-order valence-electron chi connectivity index (χ0n) is 13.2. The van der Waals surface area contributed by atoms with Gasteiger partial charge in [0.15, 0.2) is 17.5 Å². The minimum Gasteiger partial charge on any atom is -0.544 e. The fraction of sp³-hybridized carbons (Fsp3) is 0.278. The Kier molecular flexibility index (Phi) is 6.00. The van der Waals surface area contributed by atoms with E-state index in [1.807, 2.05) is 18.2 Å². The predicted octanol–water partition coefficient (Wildman–Crippen LogP) is 0.740. The van der Waals surface area contributed by atoms with Gasteiger partial charge in [0, 0.05) is 5.56 Å². The third-order valence-electron chi connectivity index (χ3n) is 3.58. The first-order chi connectivity index (χ1) is 11.1. The number of hydrogen-bond acceptors (Lipinski definition) is 4. The van der Waals surface area contributed by atoms with Gasteiger partial charge >= 0.3 is 0 Å². The minimum absolute atomic E-state index is 0.497. The van der Waals surface area contributed by atoms with Crippen LogP contribution in [-0.4, -0.2) is 19.7 Å². The maximum absolute atomic E-state index is 10.9. The zero-order chi connectivity index (χ0) is 16.7. The molecule has 1 atom stereocenters. The van der Waals surface area contributed by atoms with E-state index in [1.165, 1.54) is 12.7 Å². The number of methoxy groups -OCH3 is 1. The van der Waals surface area contributed by atoms with Crippen molar-refractivity contribution in [2.24, 2.45) is 0 Å². The fourth-order valence-corrected chi connectivity index (χ4v) is 2.26. The Hall–Kier alpha value is -2.53. The van der Waals surface area contributed by atoms with Gasteiger partial charge in [-0.05, 0) is 36.6 Å². The molecule has 0 aromatic heterocycles. The van der Waals surface area contributed by atoms with Crippen LogP contribution in [0.5, 0.6) is 11.5 Å². The van der Waals surface area contributed by atoms with E-state index in [0.29, 0.717) is 23.7 Å². The summed E-state index contributed by atoms with van der Waals surface area (Å²) < 4.78 is 11.0. The summed E-state index contributed by atoms with van der Waals surface area (Å²) in [6.07, 6.45) is 1.82. The molecule has 122 valence electrons. The van der Waals surface area contributed by atoms with Crippen LogP contribution in [0.2, 0.25) is 0 Å². The molecule has 2 aromatic carbocycles. The smallest absolute Gasteiger partial charge is 0.161 e. The minimum atomic E-state index is -1.22. The third-order valence-corrected chi connectivity index (χ3v) is 3.58. The highest BCUT2D eigenvalue weighted by Crippen LogP contribution is 2.29. The molecule has 0 bridgehead atoms. The number of aliphatic carboxylic acids is 1. The van der Waals surface area contributed by atoms with Gasteiger partial charge in [0.25, 0.3) is 0 Å². The van der Waals surface area contributed by atoms with E-state index in [1.54, 1.807) is 18.2 Å². The molecule has 0 saturated carbocycles. The number of carbonyl (C=O) groups excluding carboxylic acids is 1. The largest absolute Gasteiger partial charge is 0.544 e. The van der Waals surface area contributed by atoms with Crippen molar-refractivity contribution in [2.75, 3.05) is 13.7 Å². The molecule has 0 saturated heterocycles. The highest BCUT2D eigenvalue weighted by molar-refractivity contribution is 5.72. The highest BCUT2D eigenvalue weighted by atomic mass is 16.5. The number of rotatable bonds is 8. The Morgan fingerprint density at radius 1 is 1.17 bits per heavy atom. The molecular weight excluding hydrogens is 294 g/mol. The van der Waals surface area contributed by atoms with Gasteiger partial charge in [0.05, 0.1) is 13.7 Å². The van der Waals surface area contributed by atoms with Gasteiger partial charge in [0.2, 0.25) is 0 Å². The summed E-state index contributed by atoms with van der Waals surface area (Å²) in [5.74, 6) is -0.129. The van der Waals surface area contributed by atoms with Crippen molar-refractivity contribution in [2.45, 2.75) is 18.9 Å². The van der Waals surface area contributed by atoms with E-state index in [2.05, 4.69) is 17.9 Å². The summed E-state index contributed by atoms with van der Waals surface area (Å²) in [5, 5.41) is 10.9. The second-order valence-corrected chi connectivity index (χ2v) is 5.22. The molecular formula is C18H21NO4. The van der Waals surface area contributed by atoms with E-state index >= 15 is 0 Å². The fourth-order valence-electron chi connectivity index (χ4n) is 2.26. The van der Waals surface area contributed by atoms with Gasteiger partial charge in [-0.25, -0.2) is 0 Å². The summed E-state index contributed by atoms with van der Waals surface area (Å²) in [7, 11) is 1.52. The molecule has 0 unspecified atom stereocenters. The van der Waals surface area contributed by atoms with Gasteiger partial charge in [-0.2, -0.15) is 0 Å². The number of aryl methyl sites for hydroxylation is 1. The molecule has 2 rings (SSSR count). The molecule has 23 heavy (non-hydrogen) atoms. The van der Waals surface area contributed by atoms with Crippen molar-refractivity contribution in [3.8, 4) is 11.5 Å². The lowest BCUT2D eigenvalue weighted by molar-refractivity contribution is -0.443. The topological polar surface area (TPSA) is 86.2 Å². The number of hydrogen-bond donors (Lipinski definition) is 1. The molecule has 0 spiro atoms. The summed E-state index contributed by atoms with van der Waals surface area (Å²) >= 11 is 0. The normalized spacial score (nSPS) is 11.7. The van der Waals surface area contributed by atoms with Crippen LogP contribution in [0, 0.1) is 0 Å². The number of benzene rings is 2. The van der Waals surface area contributed by atoms with E-state index in [9.17, 15) is 9.90 Å². The molecule has 0 aliphatic heterocycles. The van der Waals surface area contributed by atoms with Crippen LogP contribution >= 0.6 is 0 Å². The van der Waals surface area contributed by atoms with Gasteiger partial charge in [-0.1, -0.05) is 30.3 Å². The molecule has 0 fully saturated rings. The zero-order valence-corrected chi connectivity index (χ0v) is 13.2. The monoisotopic (exact) mass is 315 g/mol. The summed E-state index contributed by atoms with van der Waals surface area (Å²) in [4.78, 5) is 10.9. The highest BCUT2D eigenvalue weighted by Gasteiger charge is 2.14. The summed E-state index contributed by atoms with van der Waals surface area (Å²) in [6.45, 7) is 0.554. The van der Waals surface area contributed by atoms with Crippen LogP contribution in [-0.2, 0) is 11.2 Å². The number of quaternary nitrogens is 1. The van der Waals surface area contributed by atoms with Crippen LogP contribution in [0.4, 0.5) is 0 Å². The average Bonchev–Trinajstić information content (AvgIpc) is 2.59. The quantitative estimate of drug-likeness (QED) is 0.728. The van der Waals surface area contributed by atoms with E-state index in [0.717, 1.165) is 12.8 Å². The number of carboxylic acids is 1. The molecule has 0 aliphatic carbocycles. The van der Waals surface area contributed by atoms with Gasteiger partial charge in [-0.3, -0.25) is 0 Å². The maximum atomic E-state index is 10.9. The Labute approximate surface area is 135 Å². The van der Waals surface area contributed by atoms with Crippen LogP contribution in [0.3, 0.4) is 0 Å². The Bertz CT molecular complexity index is 643. The molecule has 2 aromatic rings. The first-order valence-electron chi connectivity index (χ1n) is 7.50. The molecule has 0 radical (unpaired) electrons. The lowest BCUT2D eigenvalue weighted by atomic mass is 10.1. The van der Waals surface area contributed by atoms with Crippen molar-refractivity contribution in [3.63, 3.8) is 0 Å². The number of ether oxygens (including phenoxy) is 2. The summed E-state index contributed by atoms with van der Waals surface area (Å²) in [6, 6.07) is 14.3. The van der Waals surface area contributed by atoms with Crippen molar-refractivity contribution in [1.29, 1.82) is 0 Å². The Balaban J connectivity index is 1.93. The second kappa shape index (κ2) is 8.19. The van der Waals surface area contributed by atoms with Crippen LogP contribution in [0.1, 0.15) is 23.6 Å². The lowest BCUT2D eigenvalue weighted by Crippen LogP contribution is -2.61. The van der Waals surface area contributed by atoms with Gasteiger partial charge in [0.1, 0.15) is 5.97 Å². The molecule has 3 N–H and O–H groups in total. The first kappa shape index (κ1) is 16.8. The Morgan fingerprint density at radius 3 is 2.57 bits per heavy atom. The van der Waals surface area contributed by atoms with E-state index < -0.39 is 12.0 Å². The van der Waals surface area contributed by atoms with Crippen molar-refractivity contribution < 1.29 is 25.1 Å². The van der Waals surface area contributed by atoms with E-state index in [4.69, 9.17) is 9.47 Å². The molecule has 5 nitrogen and oxygen atoms in total. The van der Waals surface area contributed by atoms with Crippen LogP contribution in [0.15, 0.2) is 48.5 Å². The number of carbonyl (C=O) groups is 1.